The van der Waals surface area contributed by atoms with Crippen molar-refractivity contribution in [3.8, 4) is 23.3 Å². The van der Waals surface area contributed by atoms with E-state index in [1.807, 2.05) is 56.3 Å². The van der Waals surface area contributed by atoms with Crippen LogP contribution in [0.2, 0.25) is 0 Å². The zero-order chi connectivity index (χ0) is 23.8. The summed E-state index contributed by atoms with van der Waals surface area (Å²) in [4.78, 5) is 13.0. The maximum Gasteiger partial charge on any atom is 0.387 e. The van der Waals surface area contributed by atoms with Crippen LogP contribution in [0, 0.1) is 17.2 Å². The van der Waals surface area contributed by atoms with Gasteiger partial charge in [-0.1, -0.05) is 50.2 Å². The molecule has 0 aliphatic carbocycles. The molecule has 3 aromatic rings. The molecule has 1 atom stereocenters. The van der Waals surface area contributed by atoms with Gasteiger partial charge in [0.05, 0.1) is 17.6 Å². The number of halogens is 2. The minimum atomic E-state index is -3.00. The second-order valence-electron chi connectivity index (χ2n) is 7.63. The number of hydrogen-bond acceptors (Lipinski definition) is 5. The van der Waals surface area contributed by atoms with Gasteiger partial charge in [-0.25, -0.2) is 0 Å². The summed E-state index contributed by atoms with van der Waals surface area (Å²) in [5.41, 5.74) is 1.22. The molecule has 5 nitrogen and oxygen atoms in total. The average Bonchev–Trinajstić information content (AvgIpc) is 2.79. The summed E-state index contributed by atoms with van der Waals surface area (Å²) in [7, 11) is 0. The molecule has 0 amide bonds. The Labute approximate surface area is 191 Å². The Morgan fingerprint density at radius 3 is 2.33 bits per heavy atom. The molecule has 0 spiro atoms. The fraction of sp³-hybridized carbons (Fsp3) is 0.231. The first kappa shape index (κ1) is 23.7. The van der Waals surface area contributed by atoms with Gasteiger partial charge in [-0.2, -0.15) is 14.0 Å². The molecule has 0 aliphatic rings. The van der Waals surface area contributed by atoms with E-state index in [4.69, 9.17) is 9.47 Å². The normalized spacial score (nSPS) is 11.7. The summed E-state index contributed by atoms with van der Waals surface area (Å²) in [5.74, 6) is -0.301. The van der Waals surface area contributed by atoms with Crippen LogP contribution in [0.15, 0.2) is 72.8 Å². The minimum absolute atomic E-state index is 0.0164. The molecule has 0 N–H and O–H groups in total. The second kappa shape index (κ2) is 11.1. The van der Waals surface area contributed by atoms with Crippen LogP contribution in [0.1, 0.15) is 36.5 Å². The van der Waals surface area contributed by atoms with Crippen LogP contribution < -0.4 is 9.47 Å². The molecule has 0 saturated heterocycles. The Morgan fingerprint density at radius 1 is 0.939 bits per heavy atom. The van der Waals surface area contributed by atoms with E-state index in [-0.39, 0.29) is 23.8 Å². The predicted molar refractivity (Wildman–Crippen MR) is 118 cm³/mol. The topological polar surface area (TPSA) is 68.6 Å². The highest BCUT2D eigenvalue weighted by Gasteiger charge is 2.28. The molecule has 0 aliphatic heterocycles. The lowest BCUT2D eigenvalue weighted by molar-refractivity contribution is -0.148. The van der Waals surface area contributed by atoms with E-state index < -0.39 is 18.5 Å². The maximum atomic E-state index is 13.0. The molecule has 1 unspecified atom stereocenters. The van der Waals surface area contributed by atoms with E-state index in [0.717, 1.165) is 5.56 Å². The first-order chi connectivity index (χ1) is 15.9. The third-order valence-corrected chi connectivity index (χ3v) is 4.88. The van der Waals surface area contributed by atoms with Gasteiger partial charge in [0.15, 0.2) is 0 Å². The molecule has 3 aromatic carbocycles. The van der Waals surface area contributed by atoms with Gasteiger partial charge in [0.2, 0.25) is 0 Å². The summed E-state index contributed by atoms with van der Waals surface area (Å²) < 4.78 is 40.7. The summed E-state index contributed by atoms with van der Waals surface area (Å²) in [5, 5.41) is 9.49. The molecule has 170 valence electrons. The quantitative estimate of drug-likeness (QED) is 0.351. The summed E-state index contributed by atoms with van der Waals surface area (Å²) in [6, 6.07) is 22.4. The summed E-state index contributed by atoms with van der Waals surface area (Å²) in [6.07, 6.45) is 0. The van der Waals surface area contributed by atoms with Crippen molar-refractivity contribution in [2.75, 3.05) is 0 Å². The van der Waals surface area contributed by atoms with Crippen molar-refractivity contribution in [1.82, 2.24) is 0 Å². The van der Waals surface area contributed by atoms with Crippen molar-refractivity contribution < 1.29 is 27.8 Å². The van der Waals surface area contributed by atoms with Crippen LogP contribution in [0.4, 0.5) is 8.78 Å². The Morgan fingerprint density at radius 2 is 1.67 bits per heavy atom. The molecule has 0 saturated carbocycles. The molecule has 33 heavy (non-hydrogen) atoms. The number of nitriles is 1. The van der Waals surface area contributed by atoms with Crippen LogP contribution in [0.5, 0.6) is 17.2 Å². The highest BCUT2D eigenvalue weighted by atomic mass is 19.3. The molecule has 0 aromatic heterocycles. The lowest BCUT2D eigenvalue weighted by atomic mass is 9.86. The number of nitrogens with zero attached hydrogens (tertiary/aromatic N) is 1. The molecule has 7 heteroatoms. The monoisotopic (exact) mass is 451 g/mol. The summed E-state index contributed by atoms with van der Waals surface area (Å²) >= 11 is 0. The number of carbonyl (C=O) groups excluding carboxylic acids is 1. The number of esters is 1. The molecule has 0 bridgehead atoms. The number of hydrogen-bond donors (Lipinski definition) is 0. The number of ether oxygens (including phenoxy) is 3. The van der Waals surface area contributed by atoms with Crippen molar-refractivity contribution in [1.29, 1.82) is 5.26 Å². The smallest absolute Gasteiger partial charge is 0.387 e. The second-order valence-corrected chi connectivity index (χ2v) is 7.63. The highest BCUT2D eigenvalue weighted by molar-refractivity contribution is 5.79. The van der Waals surface area contributed by atoms with Gasteiger partial charge in [-0.15, -0.1) is 0 Å². The Hall–Kier alpha value is -3.92. The number of rotatable bonds is 9. The van der Waals surface area contributed by atoms with Crippen molar-refractivity contribution in [3.63, 3.8) is 0 Å². The van der Waals surface area contributed by atoms with Crippen molar-refractivity contribution in [2.45, 2.75) is 33.0 Å². The van der Waals surface area contributed by atoms with E-state index in [1.54, 1.807) is 18.2 Å². The van der Waals surface area contributed by atoms with Gasteiger partial charge in [-0.3, -0.25) is 4.79 Å². The van der Waals surface area contributed by atoms with Crippen molar-refractivity contribution >= 4 is 5.97 Å². The number of para-hydroxylation sites is 1. The zero-order valence-corrected chi connectivity index (χ0v) is 18.2. The number of alkyl halides is 2. The van der Waals surface area contributed by atoms with E-state index in [9.17, 15) is 18.8 Å². The van der Waals surface area contributed by atoms with Crippen LogP contribution >= 0.6 is 0 Å². The van der Waals surface area contributed by atoms with Crippen molar-refractivity contribution in [3.05, 3.63) is 89.5 Å². The Kier molecular flexibility index (Phi) is 7.98. The number of carbonyl (C=O) groups is 1. The van der Waals surface area contributed by atoms with Gasteiger partial charge in [0.1, 0.15) is 23.9 Å². The van der Waals surface area contributed by atoms with Gasteiger partial charge >= 0.3 is 12.6 Å². The summed E-state index contributed by atoms with van der Waals surface area (Å²) in [6.45, 7) is 0.660. The molecule has 0 radical (unpaired) electrons. The molecule has 3 rings (SSSR count). The Balaban J connectivity index is 1.73. The fourth-order valence-corrected chi connectivity index (χ4v) is 3.41. The van der Waals surface area contributed by atoms with Crippen LogP contribution in [0.3, 0.4) is 0 Å². The maximum absolute atomic E-state index is 13.0. The van der Waals surface area contributed by atoms with Crippen LogP contribution in [-0.2, 0) is 16.1 Å². The first-order valence-corrected chi connectivity index (χ1v) is 10.3. The highest BCUT2D eigenvalue weighted by Crippen LogP contribution is 2.32. The zero-order valence-electron chi connectivity index (χ0n) is 18.2. The predicted octanol–water partition coefficient (Wildman–Crippen LogP) is 6.43. The lowest BCUT2D eigenvalue weighted by Crippen LogP contribution is -2.22. The van der Waals surface area contributed by atoms with Crippen LogP contribution in [-0.4, -0.2) is 12.6 Å². The molecular weight excluding hydrogens is 428 g/mol. The minimum Gasteiger partial charge on any atom is -0.460 e. The third kappa shape index (κ3) is 6.53. The van der Waals surface area contributed by atoms with E-state index in [2.05, 4.69) is 4.74 Å². The average molecular weight is 451 g/mol. The SMILES string of the molecule is CC(C)C(C(=O)OCc1cccc(Oc2ccccc2)c1)c1ccc(OC(F)F)cc1C#N. The fourth-order valence-electron chi connectivity index (χ4n) is 3.41. The Bertz CT molecular complexity index is 1130. The molecular formula is C26H23F2NO4. The van der Waals surface area contributed by atoms with Gasteiger partial charge in [0.25, 0.3) is 0 Å². The van der Waals surface area contributed by atoms with E-state index in [1.165, 1.54) is 18.2 Å². The molecule has 0 heterocycles. The standard InChI is InChI=1S/C26H23F2NO4/c1-17(2)24(23-12-11-22(33-26(27)28)14-19(23)15-29)25(30)31-16-18-7-6-10-21(13-18)32-20-8-4-3-5-9-20/h3-14,17,24,26H,16H2,1-2H3. The molecule has 0 fully saturated rings. The third-order valence-electron chi connectivity index (χ3n) is 4.88. The first-order valence-electron chi connectivity index (χ1n) is 10.3. The van der Waals surface area contributed by atoms with E-state index >= 15 is 0 Å². The number of benzene rings is 3. The van der Waals surface area contributed by atoms with Gasteiger partial charge in [-0.05, 0) is 53.4 Å². The van der Waals surface area contributed by atoms with Crippen molar-refractivity contribution in [2.24, 2.45) is 5.92 Å². The lowest BCUT2D eigenvalue weighted by Gasteiger charge is -2.21. The van der Waals surface area contributed by atoms with Gasteiger partial charge < -0.3 is 14.2 Å². The largest absolute Gasteiger partial charge is 0.460 e. The van der Waals surface area contributed by atoms with Gasteiger partial charge in [0, 0.05) is 0 Å². The van der Waals surface area contributed by atoms with Crippen LogP contribution in [0.25, 0.3) is 0 Å². The van der Waals surface area contributed by atoms with E-state index in [0.29, 0.717) is 17.1 Å².